The van der Waals surface area contributed by atoms with Crippen LogP contribution in [0.5, 0.6) is 11.5 Å². The molecule has 0 N–H and O–H groups in total. The third-order valence-corrected chi connectivity index (χ3v) is 13.6. The summed E-state index contributed by atoms with van der Waals surface area (Å²) in [5, 5.41) is 0.678. The van der Waals surface area contributed by atoms with Gasteiger partial charge in [0.05, 0.1) is 31.4 Å². The standard InChI is InChI=1S/C35H52N4O6Si/c1-34(2,3)45-33(41)37-17-14-25(15-18-37)39-24-36-31-13-12-26(22-30(31)32(39)40)38(16-11-19-44-46(9,10)35(4,5)6)27-20-28(42-7)23-29(21-27)43-8/h12-13,20-25H,11,14-19H2,1-10H3. The summed E-state index contributed by atoms with van der Waals surface area (Å²) >= 11 is 0. The molecule has 4 rings (SSSR count). The van der Waals surface area contributed by atoms with E-state index < -0.39 is 13.9 Å². The van der Waals surface area contributed by atoms with Crippen LogP contribution in [0.1, 0.15) is 66.8 Å². The van der Waals surface area contributed by atoms with Crippen molar-refractivity contribution in [1.29, 1.82) is 0 Å². The van der Waals surface area contributed by atoms with Crippen LogP contribution >= 0.6 is 0 Å². The van der Waals surface area contributed by atoms with Gasteiger partial charge in [-0.05, 0) is 76.4 Å². The van der Waals surface area contributed by atoms with Gasteiger partial charge in [-0.1, -0.05) is 20.8 Å². The molecule has 10 nitrogen and oxygen atoms in total. The summed E-state index contributed by atoms with van der Waals surface area (Å²) in [4.78, 5) is 35.1. The number of nitrogens with zero attached hydrogens (tertiary/aromatic N) is 4. The van der Waals surface area contributed by atoms with E-state index in [1.807, 2.05) is 57.2 Å². The van der Waals surface area contributed by atoms with Gasteiger partial charge >= 0.3 is 6.09 Å². The molecular weight excluding hydrogens is 600 g/mol. The highest BCUT2D eigenvalue weighted by molar-refractivity contribution is 6.74. The molecule has 1 aliphatic heterocycles. The number of aromatic nitrogens is 2. The summed E-state index contributed by atoms with van der Waals surface area (Å²) in [5.41, 5.74) is 1.76. The normalized spacial score (nSPS) is 14.8. The quantitative estimate of drug-likeness (QED) is 0.164. The van der Waals surface area contributed by atoms with Gasteiger partial charge in [-0.3, -0.25) is 9.36 Å². The van der Waals surface area contributed by atoms with Crippen molar-refractivity contribution in [3.63, 3.8) is 0 Å². The minimum Gasteiger partial charge on any atom is -0.497 e. The third-order valence-electron chi connectivity index (χ3n) is 9.03. The van der Waals surface area contributed by atoms with Crippen LogP contribution in [0.25, 0.3) is 10.9 Å². The molecule has 1 aliphatic rings. The smallest absolute Gasteiger partial charge is 0.410 e. The Labute approximate surface area is 274 Å². The van der Waals surface area contributed by atoms with Crippen LogP contribution in [-0.4, -0.2) is 74.9 Å². The van der Waals surface area contributed by atoms with Crippen LogP contribution < -0.4 is 19.9 Å². The number of anilines is 2. The first-order chi connectivity index (χ1) is 21.5. The van der Waals surface area contributed by atoms with E-state index in [1.54, 1.807) is 30.0 Å². The van der Waals surface area contributed by atoms with Crippen molar-refractivity contribution in [3.05, 3.63) is 53.1 Å². The number of carbonyl (C=O) groups excluding carboxylic acids is 1. The number of benzene rings is 2. The van der Waals surface area contributed by atoms with E-state index in [2.05, 4.69) is 43.7 Å². The van der Waals surface area contributed by atoms with Crippen molar-refractivity contribution in [1.82, 2.24) is 14.5 Å². The lowest BCUT2D eigenvalue weighted by Crippen LogP contribution is -2.43. The fourth-order valence-electron chi connectivity index (χ4n) is 5.33. The van der Waals surface area contributed by atoms with Gasteiger partial charge in [0.25, 0.3) is 5.56 Å². The molecule has 3 aromatic rings. The SMILES string of the molecule is COc1cc(OC)cc(N(CCCO[Si](C)(C)C(C)(C)C)c2ccc3ncn(C4CCN(C(=O)OC(C)(C)C)CC4)c(=O)c3c2)c1. The van der Waals surface area contributed by atoms with Gasteiger partial charge in [0.1, 0.15) is 17.1 Å². The first-order valence-corrected chi connectivity index (χ1v) is 19.1. The Hall–Kier alpha value is -3.57. The molecule has 0 atom stereocenters. The third kappa shape index (κ3) is 8.41. The molecule has 1 aromatic heterocycles. The maximum atomic E-state index is 14.0. The molecule has 46 heavy (non-hydrogen) atoms. The van der Waals surface area contributed by atoms with Crippen molar-refractivity contribution < 1.29 is 23.4 Å². The average Bonchev–Trinajstić information content (AvgIpc) is 2.99. The van der Waals surface area contributed by atoms with Gasteiger partial charge in [-0.25, -0.2) is 9.78 Å². The fourth-order valence-corrected chi connectivity index (χ4v) is 6.41. The van der Waals surface area contributed by atoms with Crippen molar-refractivity contribution in [3.8, 4) is 11.5 Å². The predicted octanol–water partition coefficient (Wildman–Crippen LogP) is 7.54. The molecule has 0 bridgehead atoms. The molecule has 1 amide bonds. The predicted molar refractivity (Wildman–Crippen MR) is 186 cm³/mol. The zero-order valence-corrected chi connectivity index (χ0v) is 30.3. The number of methoxy groups -OCH3 is 2. The Balaban J connectivity index is 1.62. The Morgan fingerprint density at radius 1 is 0.957 bits per heavy atom. The van der Waals surface area contributed by atoms with Gasteiger partial charge in [0.2, 0.25) is 0 Å². The molecule has 0 saturated carbocycles. The Kier molecular flexibility index (Phi) is 10.8. The van der Waals surface area contributed by atoms with Gasteiger partial charge in [-0.15, -0.1) is 0 Å². The lowest BCUT2D eigenvalue weighted by molar-refractivity contribution is 0.0187. The number of carbonyl (C=O) groups is 1. The summed E-state index contributed by atoms with van der Waals surface area (Å²) in [6.07, 6.45) is 3.41. The summed E-state index contributed by atoms with van der Waals surface area (Å²) in [6, 6.07) is 11.6. The zero-order valence-electron chi connectivity index (χ0n) is 29.3. The van der Waals surface area contributed by atoms with Crippen LogP contribution in [0, 0.1) is 0 Å². The number of ether oxygens (including phenoxy) is 3. The number of amides is 1. The average molecular weight is 653 g/mol. The summed E-state index contributed by atoms with van der Waals surface area (Å²) in [5.74, 6) is 1.36. The van der Waals surface area contributed by atoms with E-state index >= 15 is 0 Å². The first-order valence-electron chi connectivity index (χ1n) is 16.2. The second-order valence-corrected chi connectivity index (χ2v) is 19.4. The number of piperidine rings is 1. The van der Waals surface area contributed by atoms with Crippen molar-refractivity contribution in [2.75, 3.05) is 45.4 Å². The van der Waals surface area contributed by atoms with E-state index in [0.717, 1.165) is 17.8 Å². The summed E-state index contributed by atoms with van der Waals surface area (Å²) in [6.45, 7) is 19.2. The highest BCUT2D eigenvalue weighted by atomic mass is 28.4. The van der Waals surface area contributed by atoms with Gasteiger partial charge in [-0.2, -0.15) is 0 Å². The largest absolute Gasteiger partial charge is 0.497 e. The highest BCUT2D eigenvalue weighted by Gasteiger charge is 2.37. The van der Waals surface area contributed by atoms with E-state index in [0.29, 0.717) is 61.5 Å². The van der Waals surface area contributed by atoms with Gasteiger partial charge < -0.3 is 28.4 Å². The van der Waals surface area contributed by atoms with Gasteiger partial charge in [0, 0.05) is 61.9 Å². The fraction of sp³-hybridized carbons (Fsp3) is 0.571. The van der Waals surface area contributed by atoms with E-state index in [9.17, 15) is 9.59 Å². The minimum absolute atomic E-state index is 0.0574. The van der Waals surface area contributed by atoms with Crippen LogP contribution in [0.3, 0.4) is 0 Å². The number of rotatable bonds is 10. The van der Waals surface area contributed by atoms with Crippen molar-refractivity contribution >= 4 is 36.7 Å². The highest BCUT2D eigenvalue weighted by Crippen LogP contribution is 2.37. The second kappa shape index (κ2) is 14.0. The molecule has 0 unspecified atom stereocenters. The van der Waals surface area contributed by atoms with Crippen molar-refractivity contribution in [2.45, 2.75) is 90.6 Å². The number of hydrogen-bond acceptors (Lipinski definition) is 8. The second-order valence-electron chi connectivity index (χ2n) is 14.5. The maximum absolute atomic E-state index is 14.0. The number of hydrogen-bond donors (Lipinski definition) is 0. The summed E-state index contributed by atoms with van der Waals surface area (Å²) in [7, 11) is 1.38. The number of likely N-dealkylation sites (tertiary alicyclic amines) is 1. The molecule has 1 saturated heterocycles. The molecule has 2 heterocycles. The Bertz CT molecular complexity index is 1550. The van der Waals surface area contributed by atoms with Gasteiger partial charge in [0.15, 0.2) is 8.32 Å². The molecule has 252 valence electrons. The lowest BCUT2D eigenvalue weighted by Gasteiger charge is -2.36. The molecule has 11 heteroatoms. The van der Waals surface area contributed by atoms with E-state index in [-0.39, 0.29) is 22.7 Å². The Morgan fingerprint density at radius 2 is 1.59 bits per heavy atom. The molecule has 0 spiro atoms. The molecule has 0 radical (unpaired) electrons. The van der Waals surface area contributed by atoms with Crippen LogP contribution in [0.15, 0.2) is 47.5 Å². The van der Waals surface area contributed by atoms with E-state index in [1.165, 1.54) is 0 Å². The molecule has 1 fully saturated rings. The first kappa shape index (κ1) is 35.3. The minimum atomic E-state index is -1.89. The number of fused-ring (bicyclic) bond motifs is 1. The molecule has 2 aromatic carbocycles. The lowest BCUT2D eigenvalue weighted by atomic mass is 10.0. The molecule has 0 aliphatic carbocycles. The van der Waals surface area contributed by atoms with E-state index in [4.69, 9.17) is 18.6 Å². The monoisotopic (exact) mass is 652 g/mol. The topological polar surface area (TPSA) is 95.4 Å². The Morgan fingerprint density at radius 3 is 2.15 bits per heavy atom. The van der Waals surface area contributed by atoms with Crippen molar-refractivity contribution in [2.24, 2.45) is 0 Å². The zero-order chi connectivity index (χ0) is 33.9. The van der Waals surface area contributed by atoms with Crippen LogP contribution in [0.2, 0.25) is 18.1 Å². The summed E-state index contributed by atoms with van der Waals surface area (Å²) < 4.78 is 24.9. The van der Waals surface area contributed by atoms with Crippen LogP contribution in [0.4, 0.5) is 16.2 Å². The molecular formula is C35H52N4O6Si. The van der Waals surface area contributed by atoms with Crippen LogP contribution in [-0.2, 0) is 9.16 Å². The maximum Gasteiger partial charge on any atom is 0.410 e.